The Labute approximate surface area is 157 Å². The molecule has 1 N–H and O–H groups in total. The van der Waals surface area contributed by atoms with Gasteiger partial charge in [-0.2, -0.15) is 0 Å². The van der Waals surface area contributed by atoms with E-state index in [-0.39, 0.29) is 23.3 Å². The summed E-state index contributed by atoms with van der Waals surface area (Å²) in [5.41, 5.74) is -0.0951. The van der Waals surface area contributed by atoms with Gasteiger partial charge < -0.3 is 19.9 Å². The minimum Gasteiger partial charge on any atom is -0.381 e. The van der Waals surface area contributed by atoms with Gasteiger partial charge in [-0.1, -0.05) is 13.8 Å². The van der Waals surface area contributed by atoms with Gasteiger partial charge in [-0.3, -0.25) is 4.79 Å². The average Bonchev–Trinajstić information content (AvgIpc) is 3.01. The van der Waals surface area contributed by atoms with Crippen molar-refractivity contribution in [2.75, 3.05) is 45.9 Å². The van der Waals surface area contributed by atoms with E-state index >= 15 is 0 Å². The maximum atomic E-state index is 13.3. The first-order valence-corrected chi connectivity index (χ1v) is 10.4. The highest BCUT2D eigenvalue weighted by Gasteiger charge is 2.52. The third kappa shape index (κ3) is 4.33. The number of hydrogen-bond donors (Lipinski definition) is 1. The van der Waals surface area contributed by atoms with Crippen LogP contribution in [0, 0.1) is 17.3 Å². The van der Waals surface area contributed by atoms with Crippen molar-refractivity contribution in [1.29, 1.82) is 0 Å². The summed E-state index contributed by atoms with van der Waals surface area (Å²) >= 11 is 0. The van der Waals surface area contributed by atoms with Crippen LogP contribution in [0.3, 0.4) is 0 Å². The molecule has 26 heavy (non-hydrogen) atoms. The number of carbonyl (C=O) groups is 2. The summed E-state index contributed by atoms with van der Waals surface area (Å²) in [5.74, 6) is 0.772. The minimum absolute atomic E-state index is 0.00883. The number of nitrogens with zero attached hydrogens (tertiary/aromatic N) is 2. The van der Waals surface area contributed by atoms with Gasteiger partial charge in [0.15, 0.2) is 0 Å². The molecule has 3 fully saturated rings. The van der Waals surface area contributed by atoms with E-state index in [0.29, 0.717) is 38.8 Å². The number of likely N-dealkylation sites (tertiary alicyclic amines) is 2. The molecule has 3 saturated heterocycles. The smallest absolute Gasteiger partial charge is 0.317 e. The molecular formula is C20H35N3O3. The van der Waals surface area contributed by atoms with Crippen LogP contribution in [0.4, 0.5) is 4.79 Å². The van der Waals surface area contributed by atoms with E-state index in [9.17, 15) is 9.59 Å². The van der Waals surface area contributed by atoms with Crippen molar-refractivity contribution >= 4 is 11.9 Å². The van der Waals surface area contributed by atoms with Gasteiger partial charge in [0.1, 0.15) is 0 Å². The molecular weight excluding hydrogens is 330 g/mol. The lowest BCUT2D eigenvalue weighted by Crippen LogP contribution is -2.47. The molecule has 1 spiro atoms. The van der Waals surface area contributed by atoms with Gasteiger partial charge in [0.25, 0.3) is 0 Å². The molecule has 3 heterocycles. The zero-order valence-corrected chi connectivity index (χ0v) is 16.5. The van der Waals surface area contributed by atoms with Gasteiger partial charge >= 0.3 is 6.03 Å². The second-order valence-electron chi connectivity index (χ2n) is 8.71. The molecule has 0 aromatic heterocycles. The number of amides is 3. The van der Waals surface area contributed by atoms with Crippen LogP contribution in [-0.4, -0.2) is 67.7 Å². The molecule has 3 rings (SSSR count). The maximum absolute atomic E-state index is 13.3. The van der Waals surface area contributed by atoms with Gasteiger partial charge in [-0.05, 0) is 44.4 Å². The van der Waals surface area contributed by atoms with Gasteiger partial charge in [0, 0.05) is 51.4 Å². The van der Waals surface area contributed by atoms with Crippen molar-refractivity contribution < 1.29 is 14.3 Å². The molecule has 0 aliphatic carbocycles. The van der Waals surface area contributed by atoms with Crippen LogP contribution < -0.4 is 5.32 Å². The fourth-order valence-corrected chi connectivity index (χ4v) is 4.66. The molecule has 0 bridgehead atoms. The molecule has 1 atom stereocenters. The lowest BCUT2D eigenvalue weighted by Gasteiger charge is -2.39. The van der Waals surface area contributed by atoms with E-state index in [2.05, 4.69) is 19.2 Å². The zero-order chi connectivity index (χ0) is 18.6. The normalized spacial score (nSPS) is 25.7. The predicted molar refractivity (Wildman–Crippen MR) is 101 cm³/mol. The summed E-state index contributed by atoms with van der Waals surface area (Å²) in [6.45, 7) is 9.42. The number of rotatable bonds is 4. The molecule has 0 aromatic carbocycles. The van der Waals surface area contributed by atoms with Crippen molar-refractivity contribution in [3.05, 3.63) is 0 Å². The first-order valence-electron chi connectivity index (χ1n) is 10.4. The largest absolute Gasteiger partial charge is 0.381 e. The second-order valence-corrected chi connectivity index (χ2v) is 8.71. The molecule has 3 aliphatic heterocycles. The molecule has 6 nitrogen and oxygen atoms in total. The molecule has 148 valence electrons. The van der Waals surface area contributed by atoms with Gasteiger partial charge in [-0.25, -0.2) is 4.79 Å². The summed E-state index contributed by atoms with van der Waals surface area (Å²) in [6, 6.07) is -0.00883. The monoisotopic (exact) mass is 365 g/mol. The molecule has 0 saturated carbocycles. The molecule has 3 amide bonds. The van der Waals surface area contributed by atoms with Crippen LogP contribution in [0.5, 0.6) is 0 Å². The van der Waals surface area contributed by atoms with Crippen LogP contribution in [0.1, 0.15) is 52.4 Å². The fraction of sp³-hybridized carbons (Fsp3) is 0.900. The number of piperidine rings is 1. The van der Waals surface area contributed by atoms with E-state index in [4.69, 9.17) is 4.74 Å². The van der Waals surface area contributed by atoms with Crippen molar-refractivity contribution in [2.45, 2.75) is 52.4 Å². The lowest BCUT2D eigenvalue weighted by atomic mass is 9.71. The third-order valence-corrected chi connectivity index (χ3v) is 6.39. The van der Waals surface area contributed by atoms with Crippen molar-refractivity contribution in [2.24, 2.45) is 17.3 Å². The van der Waals surface area contributed by atoms with Gasteiger partial charge in [0.2, 0.25) is 5.91 Å². The van der Waals surface area contributed by atoms with E-state index in [1.807, 2.05) is 9.80 Å². The maximum Gasteiger partial charge on any atom is 0.317 e. The Hall–Kier alpha value is -1.30. The minimum atomic E-state index is -0.0951. The standard InChI is InChI=1S/C20H35N3O3/c1-16(2)6-9-21-19(25)23-14-17(18(24)22-10-4-3-5-11-22)20(15-23)7-12-26-13-8-20/h16-17H,3-15H2,1-2H3,(H,21,25)/t17-/m1/s1. The molecule has 3 aliphatic rings. The lowest BCUT2D eigenvalue weighted by molar-refractivity contribution is -0.141. The number of urea groups is 1. The Morgan fingerprint density at radius 2 is 1.81 bits per heavy atom. The van der Waals surface area contributed by atoms with E-state index in [1.165, 1.54) is 6.42 Å². The van der Waals surface area contributed by atoms with E-state index < -0.39 is 0 Å². The molecule has 0 unspecified atom stereocenters. The van der Waals surface area contributed by atoms with Crippen molar-refractivity contribution in [3.8, 4) is 0 Å². The van der Waals surface area contributed by atoms with Crippen LogP contribution in [0.25, 0.3) is 0 Å². The summed E-state index contributed by atoms with van der Waals surface area (Å²) in [7, 11) is 0. The number of ether oxygens (including phenoxy) is 1. The second kappa shape index (κ2) is 8.59. The third-order valence-electron chi connectivity index (χ3n) is 6.39. The quantitative estimate of drug-likeness (QED) is 0.832. The molecule has 6 heteroatoms. The summed E-state index contributed by atoms with van der Waals surface area (Å²) in [5, 5.41) is 3.05. The Morgan fingerprint density at radius 3 is 2.46 bits per heavy atom. The summed E-state index contributed by atoms with van der Waals surface area (Å²) < 4.78 is 5.57. The van der Waals surface area contributed by atoms with Crippen LogP contribution in [-0.2, 0) is 9.53 Å². The topological polar surface area (TPSA) is 61.9 Å². The highest BCUT2D eigenvalue weighted by molar-refractivity contribution is 5.83. The number of carbonyl (C=O) groups excluding carboxylic acids is 2. The SMILES string of the molecule is CC(C)CCNC(=O)N1C[C@H](C(=O)N2CCCCC2)C2(CCOCC2)C1. The predicted octanol–water partition coefficient (Wildman–Crippen LogP) is 2.48. The Kier molecular flexibility index (Phi) is 6.43. The summed E-state index contributed by atoms with van der Waals surface area (Å²) in [4.78, 5) is 29.9. The van der Waals surface area contributed by atoms with E-state index in [0.717, 1.165) is 45.2 Å². The molecule has 0 aromatic rings. The van der Waals surface area contributed by atoms with Crippen LogP contribution >= 0.6 is 0 Å². The number of nitrogens with one attached hydrogen (secondary N) is 1. The fourth-order valence-electron chi connectivity index (χ4n) is 4.66. The van der Waals surface area contributed by atoms with Crippen molar-refractivity contribution in [1.82, 2.24) is 15.1 Å². The van der Waals surface area contributed by atoms with E-state index in [1.54, 1.807) is 0 Å². The Balaban J connectivity index is 1.67. The van der Waals surface area contributed by atoms with Crippen LogP contribution in [0.2, 0.25) is 0 Å². The van der Waals surface area contributed by atoms with Crippen LogP contribution in [0.15, 0.2) is 0 Å². The highest BCUT2D eigenvalue weighted by atomic mass is 16.5. The first-order chi connectivity index (χ1) is 12.5. The Morgan fingerprint density at radius 1 is 1.12 bits per heavy atom. The van der Waals surface area contributed by atoms with Gasteiger partial charge in [0.05, 0.1) is 5.92 Å². The zero-order valence-electron chi connectivity index (χ0n) is 16.5. The first kappa shape index (κ1) is 19.5. The molecule has 0 radical (unpaired) electrons. The van der Waals surface area contributed by atoms with Crippen molar-refractivity contribution in [3.63, 3.8) is 0 Å². The Bertz CT molecular complexity index is 497. The number of hydrogen-bond acceptors (Lipinski definition) is 3. The average molecular weight is 366 g/mol. The van der Waals surface area contributed by atoms with Gasteiger partial charge in [-0.15, -0.1) is 0 Å². The highest BCUT2D eigenvalue weighted by Crippen LogP contribution is 2.45. The summed E-state index contributed by atoms with van der Waals surface area (Å²) in [6.07, 6.45) is 6.18.